The number of ether oxygens (including phenoxy) is 3. The molecular formula is C48H52N7O7PS. The number of carbonyl (C=O) groups excluding carboxylic acids is 1. The summed E-state index contributed by atoms with van der Waals surface area (Å²) >= 11 is 1.62. The number of hydrogen-bond acceptors (Lipinski definition) is 13. The number of hydrogen-bond donors (Lipinski definition) is 2. The highest BCUT2D eigenvalue weighted by molar-refractivity contribution is 8.00. The molecule has 3 unspecified atom stereocenters. The maximum absolute atomic E-state index is 13.2. The number of anilines is 1. The predicted octanol–water partition coefficient (Wildman–Crippen LogP) is 10.2. The lowest BCUT2D eigenvalue weighted by molar-refractivity contribution is -0.0572. The Hall–Kier alpha value is -6.01. The second-order valence-electron chi connectivity index (χ2n) is 15.7. The van der Waals surface area contributed by atoms with Gasteiger partial charge in [-0.2, -0.15) is 5.26 Å². The molecule has 64 heavy (non-hydrogen) atoms. The minimum absolute atomic E-state index is 0.0237. The zero-order valence-electron chi connectivity index (χ0n) is 36.8. The molecule has 0 bridgehead atoms. The van der Waals surface area contributed by atoms with Crippen LogP contribution in [0.15, 0.2) is 133 Å². The summed E-state index contributed by atoms with van der Waals surface area (Å²) < 4.78 is 34.5. The van der Waals surface area contributed by atoms with E-state index in [1.165, 1.54) is 12.7 Å². The molecule has 16 heteroatoms. The van der Waals surface area contributed by atoms with Crippen molar-refractivity contribution in [3.63, 3.8) is 0 Å². The van der Waals surface area contributed by atoms with Crippen molar-refractivity contribution in [3.8, 4) is 17.6 Å². The molecule has 332 valence electrons. The number of nitrogens with one attached hydrogen (secondary N) is 1. The summed E-state index contributed by atoms with van der Waals surface area (Å²) in [5.74, 6) is 1.45. The van der Waals surface area contributed by atoms with Crippen LogP contribution in [0.4, 0.5) is 5.82 Å². The Morgan fingerprint density at radius 3 is 2.05 bits per heavy atom. The SMILES string of the molecule is COc1ccc(C(SCC2(C)OC(n3cnc4c(NC(=O)c5ccccc5)ncnc43)C(O)=C2OP(OCCC#N)N(C(C)C)C(C)C)(c2ccccc2)c2ccc(OC)cc2)cc1. The lowest BCUT2D eigenvalue weighted by Gasteiger charge is -2.40. The average molecular weight is 902 g/mol. The number of amides is 1. The van der Waals surface area contributed by atoms with Gasteiger partial charge in [0.25, 0.3) is 5.91 Å². The molecule has 0 saturated carbocycles. The van der Waals surface area contributed by atoms with Crippen molar-refractivity contribution < 1.29 is 33.2 Å². The molecule has 6 aromatic rings. The number of aliphatic hydroxyl groups excluding tert-OH is 1. The van der Waals surface area contributed by atoms with Crippen molar-refractivity contribution in [1.29, 1.82) is 5.26 Å². The summed E-state index contributed by atoms with van der Waals surface area (Å²) in [5.41, 5.74) is 2.66. The van der Waals surface area contributed by atoms with Crippen molar-refractivity contribution in [3.05, 3.63) is 156 Å². The van der Waals surface area contributed by atoms with Gasteiger partial charge in [0.2, 0.25) is 0 Å². The first kappa shape index (κ1) is 46.0. The quantitative estimate of drug-likeness (QED) is 0.0448. The maximum Gasteiger partial charge on any atom is 0.321 e. The Bertz CT molecular complexity index is 2530. The number of thioether (sulfide) groups is 1. The van der Waals surface area contributed by atoms with Crippen molar-refractivity contribution >= 4 is 43.2 Å². The fraction of sp³-hybridized carbons (Fsp3) is 0.312. The van der Waals surface area contributed by atoms with Crippen LogP contribution in [0, 0.1) is 11.3 Å². The first-order valence-corrected chi connectivity index (χ1v) is 23.0. The summed E-state index contributed by atoms with van der Waals surface area (Å²) in [5, 5.41) is 24.9. The number of aromatic nitrogens is 4. The molecule has 7 rings (SSSR count). The lowest BCUT2D eigenvalue weighted by Crippen LogP contribution is -2.38. The predicted molar refractivity (Wildman–Crippen MR) is 249 cm³/mol. The fourth-order valence-corrected chi connectivity index (χ4v) is 11.1. The summed E-state index contributed by atoms with van der Waals surface area (Å²) in [4.78, 5) is 26.7. The maximum atomic E-state index is 13.2. The van der Waals surface area contributed by atoms with E-state index in [4.69, 9.17) is 23.3 Å². The average Bonchev–Trinajstić information content (AvgIpc) is 3.85. The van der Waals surface area contributed by atoms with Gasteiger partial charge in [-0.3, -0.25) is 9.36 Å². The van der Waals surface area contributed by atoms with Gasteiger partial charge < -0.3 is 33.7 Å². The molecule has 3 atom stereocenters. The Morgan fingerprint density at radius 2 is 1.48 bits per heavy atom. The van der Waals surface area contributed by atoms with Gasteiger partial charge in [0.15, 0.2) is 34.7 Å². The van der Waals surface area contributed by atoms with Crippen molar-refractivity contribution in [1.82, 2.24) is 24.2 Å². The highest BCUT2D eigenvalue weighted by atomic mass is 32.2. The van der Waals surface area contributed by atoms with Gasteiger partial charge in [0.1, 0.15) is 23.4 Å². The summed E-state index contributed by atoms with van der Waals surface area (Å²) in [7, 11) is 1.39. The normalized spacial score (nSPS) is 16.9. The first-order chi connectivity index (χ1) is 30.9. The van der Waals surface area contributed by atoms with E-state index in [1.54, 1.807) is 54.8 Å². The zero-order valence-corrected chi connectivity index (χ0v) is 38.5. The topological polar surface area (TPSA) is 166 Å². The number of fused-ring (bicyclic) bond motifs is 1. The van der Waals surface area contributed by atoms with Gasteiger partial charge in [-0.25, -0.2) is 19.6 Å². The third-order valence-electron chi connectivity index (χ3n) is 10.8. The number of carbonyl (C=O) groups is 1. The Balaban J connectivity index is 1.35. The number of nitriles is 1. The second-order valence-corrected chi connectivity index (χ2v) is 18.3. The number of nitrogens with zero attached hydrogens (tertiary/aromatic N) is 6. The summed E-state index contributed by atoms with van der Waals surface area (Å²) in [6, 6.07) is 37.2. The summed E-state index contributed by atoms with van der Waals surface area (Å²) in [6.45, 7) is 10.2. The number of aliphatic hydroxyl groups is 1. The van der Waals surface area contributed by atoms with E-state index in [0.29, 0.717) is 28.2 Å². The van der Waals surface area contributed by atoms with Crippen LogP contribution in [0.5, 0.6) is 11.5 Å². The van der Waals surface area contributed by atoms with Gasteiger partial charge in [0, 0.05) is 23.4 Å². The van der Waals surface area contributed by atoms with E-state index < -0.39 is 25.1 Å². The third kappa shape index (κ3) is 9.43. The molecule has 2 aromatic heterocycles. The lowest BCUT2D eigenvalue weighted by atomic mass is 9.84. The smallest absolute Gasteiger partial charge is 0.321 e. The van der Waals surface area contributed by atoms with E-state index in [9.17, 15) is 15.2 Å². The molecule has 0 saturated heterocycles. The number of methoxy groups -OCH3 is 2. The minimum Gasteiger partial charge on any atom is -0.505 e. The first-order valence-electron chi connectivity index (χ1n) is 20.8. The van der Waals surface area contributed by atoms with Crippen molar-refractivity contribution in [2.75, 3.05) is 31.9 Å². The molecule has 0 fully saturated rings. The molecule has 2 N–H and O–H groups in total. The van der Waals surface area contributed by atoms with Gasteiger partial charge in [0.05, 0.1) is 44.4 Å². The number of rotatable bonds is 19. The Morgan fingerprint density at radius 1 is 0.906 bits per heavy atom. The Kier molecular flexibility index (Phi) is 14.5. The van der Waals surface area contributed by atoms with Crippen LogP contribution in [0.1, 0.15) is 74.3 Å². The van der Waals surface area contributed by atoms with Crippen LogP contribution in [0.25, 0.3) is 11.2 Å². The van der Waals surface area contributed by atoms with Crippen molar-refractivity contribution in [2.24, 2.45) is 0 Å². The van der Waals surface area contributed by atoms with Crippen LogP contribution >= 0.6 is 20.3 Å². The molecule has 3 heterocycles. The third-order valence-corrected chi connectivity index (χ3v) is 14.6. The number of imidazole rings is 1. The zero-order chi connectivity index (χ0) is 45.4. The van der Waals surface area contributed by atoms with Gasteiger partial charge in [-0.05, 0) is 87.7 Å². The molecular weight excluding hydrogens is 850 g/mol. The monoisotopic (exact) mass is 901 g/mol. The van der Waals surface area contributed by atoms with Gasteiger partial charge in [-0.15, -0.1) is 11.8 Å². The van der Waals surface area contributed by atoms with E-state index >= 15 is 0 Å². The Labute approximate surface area is 379 Å². The molecule has 14 nitrogen and oxygen atoms in total. The number of benzene rings is 4. The van der Waals surface area contributed by atoms with Gasteiger partial charge in [-0.1, -0.05) is 72.8 Å². The second kappa shape index (κ2) is 20.2. The highest BCUT2D eigenvalue weighted by Crippen LogP contribution is 2.57. The minimum atomic E-state index is -1.89. The van der Waals surface area contributed by atoms with Crippen LogP contribution in [-0.2, 0) is 18.5 Å². The molecule has 4 aromatic carbocycles. The molecule has 0 spiro atoms. The summed E-state index contributed by atoms with van der Waals surface area (Å²) in [6.07, 6.45) is 1.80. The van der Waals surface area contributed by atoms with Crippen LogP contribution in [-0.4, -0.2) is 79.5 Å². The molecule has 1 aliphatic rings. The highest BCUT2D eigenvalue weighted by Gasteiger charge is 2.52. The van der Waals surface area contributed by atoms with Crippen LogP contribution < -0.4 is 14.8 Å². The fourth-order valence-electron chi connectivity index (χ4n) is 7.74. The van der Waals surface area contributed by atoms with Crippen LogP contribution in [0.2, 0.25) is 0 Å². The standard InChI is InChI=1S/C48H52N7O7PS/c1-32(2)55(33(3)4)63(60-28-14-27-49)62-42-41(56)46(54-31-52-40-43(50-30-51-44(40)54)53-45(57)34-15-10-8-11-16-34)61-47(42,5)29-64-48(35-17-12-9-13-18-35,36-19-23-38(58-6)24-20-36)37-21-25-39(59-7)26-22-37/h8-13,15-26,30-33,46,56H,14,28-29H2,1-7H3,(H,50,51,53,57). The largest absolute Gasteiger partial charge is 0.505 e. The van der Waals surface area contributed by atoms with E-state index in [0.717, 1.165) is 16.7 Å². The van der Waals surface area contributed by atoms with E-state index in [-0.39, 0.29) is 54.1 Å². The van der Waals surface area contributed by atoms with Crippen LogP contribution in [0.3, 0.4) is 0 Å². The van der Waals surface area contributed by atoms with Crippen molar-refractivity contribution in [2.45, 2.75) is 69.7 Å². The molecule has 0 aliphatic carbocycles. The molecule has 1 amide bonds. The van der Waals surface area contributed by atoms with E-state index in [2.05, 4.69) is 67.4 Å². The van der Waals surface area contributed by atoms with E-state index in [1.807, 2.05) is 83.1 Å². The molecule has 1 aliphatic heterocycles. The molecule has 0 radical (unpaired) electrons. The van der Waals surface area contributed by atoms with Gasteiger partial charge >= 0.3 is 8.53 Å².